The van der Waals surface area contributed by atoms with Gasteiger partial charge >= 0.3 is 28.3 Å². The standard InChI is InChI=1S/C47H60N4O9.CH4O4S/c1-8-43(55)24-29-25-46(41(53)58-6,37-31(15-12-19-50(26-29)27-43)30-14-10-11-16-34(30)48-37)33-22-32-35(23-36(33)57-5)49(4)39-45(32)18-21-51-20-13-17-44(9-2,38(45)51)40(60-28(3)52)47(39,56)42(54)59-7;1-5-6(2,3)4/h10-11,13-14,16-17,22-23,29,38-40,48,55-56H,8-9,12,15,18-21,24-27H2,1-7H3;1H3,(H,2,3,4)/t29-,38-,39?,40-,43?,44-,45-,46+,47-;/m1./s1. The van der Waals surface area contributed by atoms with Gasteiger partial charge in [0.25, 0.3) is 0 Å². The number of aromatic amines is 1. The summed E-state index contributed by atoms with van der Waals surface area (Å²) >= 11 is 0. The maximum absolute atomic E-state index is 15.4. The number of piperidine rings is 1. The van der Waals surface area contributed by atoms with Crippen molar-refractivity contribution in [2.75, 3.05) is 73.1 Å². The number of H-pyrrole nitrogens is 1. The second-order valence-corrected chi connectivity index (χ2v) is 20.3. The highest BCUT2D eigenvalue weighted by atomic mass is 32.3. The van der Waals surface area contributed by atoms with Gasteiger partial charge in [0.1, 0.15) is 11.2 Å². The number of rotatable bonds is 8. The van der Waals surface area contributed by atoms with Crippen LogP contribution in [0.25, 0.3) is 10.9 Å². The smallest absolute Gasteiger partial charge is 0.397 e. The summed E-state index contributed by atoms with van der Waals surface area (Å²) in [6.45, 7) is 8.77. The van der Waals surface area contributed by atoms with Crippen LogP contribution in [0.1, 0.15) is 81.7 Å². The highest BCUT2D eigenvalue weighted by Gasteiger charge is 2.80. The first-order chi connectivity index (χ1) is 31.3. The number of aromatic nitrogens is 1. The summed E-state index contributed by atoms with van der Waals surface area (Å²) in [6, 6.07) is 11.0. The van der Waals surface area contributed by atoms with Crippen molar-refractivity contribution in [3.63, 3.8) is 0 Å². The van der Waals surface area contributed by atoms with E-state index in [1.165, 1.54) is 21.1 Å². The van der Waals surface area contributed by atoms with E-state index in [2.05, 4.69) is 43.3 Å². The average molecular weight is 937 g/mol. The Morgan fingerprint density at radius 3 is 2.29 bits per heavy atom. The van der Waals surface area contributed by atoms with E-state index in [1.54, 1.807) is 7.11 Å². The number of nitrogens with zero attached hydrogens (tertiary/aromatic N) is 3. The normalized spacial score (nSPS) is 34.5. The molecule has 2 bridgehead atoms. The molecule has 18 heteroatoms. The number of likely N-dealkylation sites (N-methyl/N-ethyl adjacent to an activating group) is 1. The predicted octanol–water partition coefficient (Wildman–Crippen LogP) is 3.82. The molecule has 5 aliphatic heterocycles. The lowest BCUT2D eigenvalue weighted by Crippen LogP contribution is -2.81. The van der Waals surface area contributed by atoms with Crippen LogP contribution in [0.4, 0.5) is 5.69 Å². The van der Waals surface area contributed by atoms with Crippen molar-refractivity contribution in [3.8, 4) is 5.75 Å². The molecule has 0 radical (unpaired) electrons. The van der Waals surface area contributed by atoms with Gasteiger partial charge in [-0.1, -0.05) is 44.2 Å². The number of aliphatic hydroxyl groups is 2. The Bertz CT molecular complexity index is 2550. The van der Waals surface area contributed by atoms with Crippen LogP contribution >= 0.6 is 0 Å². The van der Waals surface area contributed by atoms with E-state index < -0.39 is 67.9 Å². The first-order valence-electron chi connectivity index (χ1n) is 22.8. The molecular formula is C48H64N4O13S. The van der Waals surface area contributed by atoms with Gasteiger partial charge in [0, 0.05) is 84.4 Å². The maximum atomic E-state index is 15.4. The van der Waals surface area contributed by atoms with E-state index in [4.69, 9.17) is 23.5 Å². The topological polar surface area (TPSA) is 218 Å². The first kappa shape index (κ1) is 47.9. The summed E-state index contributed by atoms with van der Waals surface area (Å²) in [4.78, 5) is 53.3. The quantitative estimate of drug-likeness (QED) is 0.109. The number of benzene rings is 2. The summed E-state index contributed by atoms with van der Waals surface area (Å²) in [5.41, 5.74) is -1.58. The van der Waals surface area contributed by atoms with Crippen molar-refractivity contribution in [2.45, 2.75) is 106 Å². The predicted molar refractivity (Wildman–Crippen MR) is 244 cm³/mol. The third-order valence-electron chi connectivity index (χ3n) is 16.0. The number of nitrogens with one attached hydrogen (secondary N) is 1. The van der Waals surface area contributed by atoms with E-state index in [1.807, 2.05) is 50.1 Å². The van der Waals surface area contributed by atoms with Crippen molar-refractivity contribution >= 4 is 44.9 Å². The van der Waals surface area contributed by atoms with Gasteiger partial charge in [0.15, 0.2) is 6.10 Å². The molecule has 6 aliphatic rings. The molecule has 360 valence electrons. The van der Waals surface area contributed by atoms with E-state index in [0.29, 0.717) is 76.0 Å². The molecule has 3 aromatic rings. The van der Waals surface area contributed by atoms with Gasteiger partial charge in [-0.05, 0) is 87.2 Å². The minimum absolute atomic E-state index is 0.103. The molecule has 4 N–H and O–H groups in total. The van der Waals surface area contributed by atoms with Gasteiger partial charge in [0.2, 0.25) is 5.60 Å². The van der Waals surface area contributed by atoms with Crippen LogP contribution in [0.3, 0.4) is 0 Å². The molecule has 2 aromatic carbocycles. The third-order valence-corrected chi connectivity index (χ3v) is 16.5. The largest absolute Gasteiger partial charge is 0.496 e. The number of carbonyl (C=O) groups excluding carboxylic acids is 3. The fourth-order valence-electron chi connectivity index (χ4n) is 13.7. The second kappa shape index (κ2) is 17.2. The summed E-state index contributed by atoms with van der Waals surface area (Å²) < 4.78 is 53.7. The SMILES string of the molecule is CCC1(O)C[C@H]2CN(CCCc3c([nH]c4ccccc34)[C@@](C(=O)OC)(c3cc4c(cc3OC)N(C)C3[C@](O)(C(=O)OC)[C@H](OC(C)=O)[C@]5(CC)C=CCN6CC[C@]43[C@H]65)C2)C1.COS(=O)(=O)O. The number of fused-ring (bicyclic) bond motifs is 6. The molecule has 1 aromatic heterocycles. The van der Waals surface area contributed by atoms with E-state index in [9.17, 15) is 28.2 Å². The lowest BCUT2D eigenvalue weighted by atomic mass is 9.47. The molecule has 10 atom stereocenters. The molecule has 3 fully saturated rings. The molecule has 1 aliphatic carbocycles. The van der Waals surface area contributed by atoms with Crippen molar-refractivity contribution < 1.29 is 60.7 Å². The number of hydrogen-bond acceptors (Lipinski definition) is 15. The van der Waals surface area contributed by atoms with Gasteiger partial charge in [-0.15, -0.1) is 0 Å². The fourth-order valence-corrected chi connectivity index (χ4v) is 13.7. The summed E-state index contributed by atoms with van der Waals surface area (Å²) in [7, 11) is 2.88. The van der Waals surface area contributed by atoms with Crippen molar-refractivity contribution in [2.24, 2.45) is 11.3 Å². The van der Waals surface area contributed by atoms with Gasteiger partial charge in [0.05, 0.1) is 40.1 Å². The van der Waals surface area contributed by atoms with Crippen molar-refractivity contribution in [1.82, 2.24) is 14.8 Å². The molecule has 66 heavy (non-hydrogen) atoms. The number of ether oxygens (including phenoxy) is 4. The molecule has 1 saturated carbocycles. The number of hydrogen-bond donors (Lipinski definition) is 4. The number of anilines is 1. The molecule has 3 unspecified atom stereocenters. The molecule has 1 spiro atoms. The number of methoxy groups -OCH3 is 3. The molecular weight excluding hydrogens is 873 g/mol. The Balaban J connectivity index is 0.000000926. The van der Waals surface area contributed by atoms with E-state index in [-0.39, 0.29) is 12.0 Å². The zero-order valence-corrected chi connectivity index (χ0v) is 39.9. The van der Waals surface area contributed by atoms with E-state index in [0.717, 1.165) is 53.5 Å². The zero-order valence-electron chi connectivity index (χ0n) is 39.1. The number of esters is 3. The van der Waals surface area contributed by atoms with Crippen LogP contribution < -0.4 is 9.64 Å². The van der Waals surface area contributed by atoms with Crippen LogP contribution in [0.5, 0.6) is 5.75 Å². The minimum atomic E-state index is -4.16. The van der Waals surface area contributed by atoms with E-state index >= 15 is 4.79 Å². The highest BCUT2D eigenvalue weighted by Crippen LogP contribution is 2.68. The lowest BCUT2D eigenvalue weighted by Gasteiger charge is -2.63. The third kappa shape index (κ3) is 7.07. The van der Waals surface area contributed by atoms with Crippen LogP contribution in [-0.4, -0.2) is 153 Å². The Kier molecular flexibility index (Phi) is 12.5. The van der Waals surface area contributed by atoms with Crippen molar-refractivity contribution in [3.05, 3.63) is 70.9 Å². The highest BCUT2D eigenvalue weighted by molar-refractivity contribution is 7.80. The monoisotopic (exact) mass is 936 g/mol. The zero-order chi connectivity index (χ0) is 47.8. The summed E-state index contributed by atoms with van der Waals surface area (Å²) in [5.74, 6) is -1.56. The summed E-state index contributed by atoms with van der Waals surface area (Å²) in [6.07, 6.45) is 6.84. The average Bonchev–Trinajstić information content (AvgIpc) is 3.95. The first-order valence-corrected chi connectivity index (χ1v) is 24.2. The molecule has 9 rings (SSSR count). The van der Waals surface area contributed by atoms with Gasteiger partial charge in [-0.2, -0.15) is 8.42 Å². The van der Waals surface area contributed by atoms with Gasteiger partial charge in [-0.3, -0.25) is 23.2 Å². The number of para-hydroxylation sites is 1. The Hall–Kier alpha value is -4.56. The van der Waals surface area contributed by atoms with Gasteiger partial charge in [-0.25, -0.2) is 4.79 Å². The molecule has 6 heterocycles. The fraction of sp³-hybridized carbons (Fsp3) is 0.604. The van der Waals surface area contributed by atoms with Crippen molar-refractivity contribution in [1.29, 1.82) is 0 Å². The van der Waals surface area contributed by atoms with Crippen LogP contribution in [0, 0.1) is 11.3 Å². The number of carbonyl (C=O) groups is 3. The Labute approximate surface area is 386 Å². The maximum Gasteiger partial charge on any atom is 0.397 e. The minimum Gasteiger partial charge on any atom is -0.496 e. The van der Waals surface area contributed by atoms with Crippen LogP contribution in [-0.2, 0) is 60.4 Å². The molecule has 2 saturated heterocycles. The Morgan fingerprint density at radius 2 is 1.65 bits per heavy atom. The second-order valence-electron chi connectivity index (χ2n) is 19.2. The van der Waals surface area contributed by atoms with Gasteiger partial charge < -0.3 is 43.9 Å². The van der Waals surface area contributed by atoms with Crippen LogP contribution in [0.15, 0.2) is 48.6 Å². The molecule has 17 nitrogen and oxygen atoms in total. The number of aryl methyl sites for hydroxylation is 1. The van der Waals surface area contributed by atoms with Crippen LogP contribution in [0.2, 0.25) is 0 Å². The molecule has 0 amide bonds. The summed E-state index contributed by atoms with van der Waals surface area (Å²) in [5, 5.41) is 26.4. The Morgan fingerprint density at radius 1 is 0.939 bits per heavy atom. The lowest BCUT2D eigenvalue weighted by molar-refractivity contribution is -0.228.